The Morgan fingerprint density at radius 2 is 0.961 bits per heavy atom. The Morgan fingerprint density at radius 3 is 1.39 bits per heavy atom. The molecule has 0 heterocycles. The molecule has 0 fully saturated rings. The molecule has 0 saturated heterocycles. The fraction of sp³-hybridized carbons (Fsp3) is 0.812. The van der Waals surface area contributed by atoms with Gasteiger partial charge < -0.3 is 63.1 Å². The number of rotatable bonds is 26. The molecule has 0 aliphatic rings. The number of aliphatic hydroxyl groups excluding tert-OH is 2. The molecule has 51 heavy (non-hydrogen) atoms. The topological polar surface area (TPSA) is 266 Å². The maximum absolute atomic E-state index is 12.9. The molecule has 5 atom stereocenters. The maximum atomic E-state index is 12.9. The molecule has 4 N–H and O–H groups in total. The second-order valence-corrected chi connectivity index (χ2v) is 12.4. The van der Waals surface area contributed by atoms with E-state index in [2.05, 4.69) is 4.74 Å². The molecule has 0 aromatic heterocycles. The first-order valence-electron chi connectivity index (χ1n) is 16.1. The molecular formula is C32H54O19. The quantitative estimate of drug-likeness (QED) is 0.0605. The van der Waals surface area contributed by atoms with Gasteiger partial charge in [-0.25, -0.2) is 9.59 Å². The van der Waals surface area contributed by atoms with Crippen LogP contribution >= 0.6 is 0 Å². The lowest BCUT2D eigenvalue weighted by molar-refractivity contribution is -0.183. The van der Waals surface area contributed by atoms with Crippen LogP contribution in [0, 0.1) is 0 Å². The molecule has 0 radical (unpaired) electrons. The molecule has 0 aromatic carbocycles. The van der Waals surface area contributed by atoms with E-state index in [0.717, 1.165) is 7.11 Å². The van der Waals surface area contributed by atoms with Gasteiger partial charge in [-0.1, -0.05) is 0 Å². The monoisotopic (exact) mass is 742 g/mol. The van der Waals surface area contributed by atoms with Crippen molar-refractivity contribution in [3.05, 3.63) is 0 Å². The molecular weight excluding hydrogens is 688 g/mol. The Hall–Kier alpha value is -3.46. The van der Waals surface area contributed by atoms with Crippen LogP contribution in [0.2, 0.25) is 0 Å². The average molecular weight is 743 g/mol. The summed E-state index contributed by atoms with van der Waals surface area (Å²) in [5, 5.41) is 42.2. The van der Waals surface area contributed by atoms with Crippen LogP contribution in [0.4, 0.5) is 0 Å². The van der Waals surface area contributed by atoms with Crippen molar-refractivity contribution in [3.8, 4) is 0 Å². The molecule has 19 nitrogen and oxygen atoms in total. The van der Waals surface area contributed by atoms with Crippen LogP contribution in [0.5, 0.6) is 0 Å². The summed E-state index contributed by atoms with van der Waals surface area (Å²) in [6.45, 7) is 6.94. The zero-order chi connectivity index (χ0) is 39.4. The van der Waals surface area contributed by atoms with Gasteiger partial charge in [0.05, 0.1) is 64.3 Å². The van der Waals surface area contributed by atoms with E-state index in [1.54, 1.807) is 27.7 Å². The van der Waals surface area contributed by atoms with Crippen LogP contribution < -0.4 is 0 Å². The Labute approximate surface area is 296 Å². The van der Waals surface area contributed by atoms with E-state index in [4.69, 9.17) is 37.9 Å². The van der Waals surface area contributed by atoms with E-state index in [1.807, 2.05) is 0 Å². The van der Waals surface area contributed by atoms with Crippen molar-refractivity contribution in [2.75, 3.05) is 53.9 Å². The molecule has 19 heteroatoms. The number of esters is 6. The van der Waals surface area contributed by atoms with Gasteiger partial charge in [0.1, 0.15) is 44.7 Å². The Bertz CT molecular complexity index is 1110. The predicted octanol–water partition coefficient (Wildman–Crippen LogP) is -1.11. The molecule has 5 unspecified atom stereocenters. The molecule has 0 saturated carbocycles. The first-order valence-corrected chi connectivity index (χ1v) is 16.1. The van der Waals surface area contributed by atoms with Crippen molar-refractivity contribution >= 4 is 35.8 Å². The second kappa shape index (κ2) is 23.9. The maximum Gasteiger partial charge on any atom is 0.339 e. The van der Waals surface area contributed by atoms with E-state index < -0.39 is 117 Å². The molecule has 0 spiro atoms. The molecule has 0 bridgehead atoms. The number of carbonyl (C=O) groups is 6. The zero-order valence-corrected chi connectivity index (χ0v) is 30.4. The van der Waals surface area contributed by atoms with Gasteiger partial charge in [-0.2, -0.15) is 0 Å². The lowest BCUT2D eigenvalue weighted by atomic mass is 9.95. The van der Waals surface area contributed by atoms with Gasteiger partial charge in [0, 0.05) is 7.11 Å². The number of ether oxygens (including phenoxy) is 9. The Balaban J connectivity index is 5.56. The van der Waals surface area contributed by atoms with Gasteiger partial charge in [-0.05, 0) is 41.5 Å². The van der Waals surface area contributed by atoms with E-state index in [9.17, 15) is 49.2 Å². The van der Waals surface area contributed by atoms with Crippen molar-refractivity contribution in [1.82, 2.24) is 0 Å². The summed E-state index contributed by atoms with van der Waals surface area (Å²) < 4.78 is 45.0. The lowest BCUT2D eigenvalue weighted by Gasteiger charge is -2.26. The summed E-state index contributed by atoms with van der Waals surface area (Å²) in [5.41, 5.74) is -5.59. The summed E-state index contributed by atoms with van der Waals surface area (Å²) in [7, 11) is 2.38. The lowest BCUT2D eigenvalue weighted by Crippen LogP contribution is -2.46. The normalized spacial score (nSPS) is 15.6. The summed E-state index contributed by atoms with van der Waals surface area (Å²) in [6, 6.07) is 0. The highest BCUT2D eigenvalue weighted by Crippen LogP contribution is 2.22. The minimum absolute atomic E-state index is 0.0489. The van der Waals surface area contributed by atoms with Crippen LogP contribution in [0.15, 0.2) is 0 Å². The molecule has 0 rings (SSSR count). The highest BCUT2D eigenvalue weighted by molar-refractivity contribution is 5.91. The van der Waals surface area contributed by atoms with Gasteiger partial charge in [-0.3, -0.25) is 19.2 Å². The first kappa shape index (κ1) is 47.5. The molecule has 0 amide bonds. The fourth-order valence-electron chi connectivity index (χ4n) is 3.93. The third-order valence-electron chi connectivity index (χ3n) is 6.22. The fourth-order valence-corrected chi connectivity index (χ4v) is 3.93. The van der Waals surface area contributed by atoms with E-state index >= 15 is 0 Å². The third kappa shape index (κ3) is 20.9. The summed E-state index contributed by atoms with van der Waals surface area (Å²) >= 11 is 0. The standard InChI is InChI=1S/C32H54O19/c1-19(2)45-13-22(33)15-48-30(40)32(42,11-27(37)47-18-24(17-43-7)50-20(3)4)10-26(36)46-14-23(34)16-49-29(39)31(41,9-25(35)44-8)12-28(38)51-21(5)6/h19-24,33-34,41-42H,9-18H2,1-8H3. The molecule has 296 valence electrons. The van der Waals surface area contributed by atoms with Gasteiger partial charge in [0.15, 0.2) is 11.2 Å². The summed E-state index contributed by atoms with van der Waals surface area (Å²) in [6.07, 6.45) is -9.13. The van der Waals surface area contributed by atoms with E-state index in [1.165, 1.54) is 21.0 Å². The van der Waals surface area contributed by atoms with Crippen molar-refractivity contribution < 1.29 is 91.8 Å². The summed E-state index contributed by atoms with van der Waals surface area (Å²) in [4.78, 5) is 74.8. The van der Waals surface area contributed by atoms with Crippen LogP contribution in [0.3, 0.4) is 0 Å². The Morgan fingerprint density at radius 1 is 0.529 bits per heavy atom. The number of aliphatic hydroxyl groups is 4. The number of hydrogen-bond acceptors (Lipinski definition) is 19. The molecule has 0 aliphatic heterocycles. The van der Waals surface area contributed by atoms with Crippen molar-refractivity contribution in [2.45, 2.75) is 115 Å². The zero-order valence-electron chi connectivity index (χ0n) is 30.4. The predicted molar refractivity (Wildman–Crippen MR) is 170 cm³/mol. The smallest absolute Gasteiger partial charge is 0.339 e. The van der Waals surface area contributed by atoms with Crippen LogP contribution in [-0.4, -0.2) is 158 Å². The van der Waals surface area contributed by atoms with Gasteiger partial charge >= 0.3 is 35.8 Å². The molecule has 0 aliphatic carbocycles. The second-order valence-electron chi connectivity index (χ2n) is 12.4. The van der Waals surface area contributed by atoms with Crippen molar-refractivity contribution in [2.24, 2.45) is 0 Å². The third-order valence-corrected chi connectivity index (χ3v) is 6.22. The van der Waals surface area contributed by atoms with Crippen LogP contribution in [-0.2, 0) is 71.4 Å². The van der Waals surface area contributed by atoms with E-state index in [-0.39, 0.29) is 32.0 Å². The highest BCUT2D eigenvalue weighted by atomic mass is 16.6. The van der Waals surface area contributed by atoms with Crippen LogP contribution in [0.25, 0.3) is 0 Å². The van der Waals surface area contributed by atoms with Crippen molar-refractivity contribution in [3.63, 3.8) is 0 Å². The van der Waals surface area contributed by atoms with Crippen molar-refractivity contribution in [1.29, 1.82) is 0 Å². The van der Waals surface area contributed by atoms with Crippen LogP contribution in [0.1, 0.15) is 67.2 Å². The SMILES string of the molecule is COCC(COC(=O)CC(O)(CC(=O)OCC(O)COC(=O)C(O)(CC(=O)OC)CC(=O)OC(C)C)C(=O)OCC(O)COC(C)C)OC(C)C. The largest absolute Gasteiger partial charge is 0.469 e. The van der Waals surface area contributed by atoms with E-state index in [0.29, 0.717) is 0 Å². The first-order chi connectivity index (χ1) is 23.7. The number of methoxy groups -OCH3 is 2. The minimum Gasteiger partial charge on any atom is -0.469 e. The Kier molecular flexibility index (Phi) is 22.3. The van der Waals surface area contributed by atoms with Gasteiger partial charge in [-0.15, -0.1) is 0 Å². The van der Waals surface area contributed by atoms with Gasteiger partial charge in [0.2, 0.25) is 0 Å². The number of hydrogen-bond donors (Lipinski definition) is 4. The van der Waals surface area contributed by atoms with Gasteiger partial charge in [0.25, 0.3) is 0 Å². The number of carbonyl (C=O) groups excluding carboxylic acids is 6. The molecule has 0 aromatic rings. The average Bonchev–Trinajstić information content (AvgIpc) is 3.01. The summed E-state index contributed by atoms with van der Waals surface area (Å²) in [5.74, 6) is -7.54. The minimum atomic E-state index is -2.87. The highest BCUT2D eigenvalue weighted by Gasteiger charge is 2.45.